The third-order valence-electron chi connectivity index (χ3n) is 5.30. The fourth-order valence-electron chi connectivity index (χ4n) is 3.52. The highest BCUT2D eigenvalue weighted by atomic mass is 32.1. The Balaban J connectivity index is 1.36. The van der Waals surface area contributed by atoms with Gasteiger partial charge in [-0.2, -0.15) is 0 Å². The highest BCUT2D eigenvalue weighted by Gasteiger charge is 2.24. The van der Waals surface area contributed by atoms with Crippen molar-refractivity contribution in [3.8, 4) is 11.5 Å². The average molecular weight is 426 g/mol. The van der Waals surface area contributed by atoms with Crippen LogP contribution in [0.15, 0.2) is 42.5 Å². The second-order valence-electron chi connectivity index (χ2n) is 7.31. The lowest BCUT2D eigenvalue weighted by Gasteiger charge is -2.34. The Kier molecular flexibility index (Phi) is 6.38. The zero-order chi connectivity index (χ0) is 20.9. The number of aromatic nitrogens is 1. The largest absolute Gasteiger partial charge is 0.494 e. The third kappa shape index (κ3) is 4.36. The Labute approximate surface area is 181 Å². The Bertz CT molecular complexity index is 995. The number of hydrogen-bond donors (Lipinski definition) is 0. The standard InChI is InChI=1S/C23H27N3O3S/c1-3-4-16-29-18-10-8-17(9-11-18)22(27)25-12-14-26(15-13-25)23-24-21-19(28-2)6-5-7-20(21)30-23/h5-11H,3-4,12-16H2,1-2H3. The number of rotatable bonds is 7. The van der Waals surface area contributed by atoms with Gasteiger partial charge in [-0.05, 0) is 42.8 Å². The van der Waals surface area contributed by atoms with Crippen molar-refractivity contribution >= 4 is 32.6 Å². The number of nitrogens with zero attached hydrogens (tertiary/aromatic N) is 3. The minimum absolute atomic E-state index is 0.0701. The molecule has 0 radical (unpaired) electrons. The average Bonchev–Trinajstić information content (AvgIpc) is 3.24. The van der Waals surface area contributed by atoms with E-state index in [2.05, 4.69) is 17.9 Å². The van der Waals surface area contributed by atoms with Gasteiger partial charge in [0.25, 0.3) is 5.91 Å². The van der Waals surface area contributed by atoms with Gasteiger partial charge in [-0.3, -0.25) is 4.79 Å². The molecule has 30 heavy (non-hydrogen) atoms. The summed E-state index contributed by atoms with van der Waals surface area (Å²) in [6, 6.07) is 13.5. The van der Waals surface area contributed by atoms with E-state index < -0.39 is 0 Å². The third-order valence-corrected chi connectivity index (χ3v) is 6.38. The van der Waals surface area contributed by atoms with Gasteiger partial charge in [0.1, 0.15) is 17.0 Å². The van der Waals surface area contributed by atoms with E-state index in [1.165, 1.54) is 0 Å². The number of carbonyl (C=O) groups is 1. The molecule has 2 heterocycles. The SMILES string of the molecule is CCCCOc1ccc(C(=O)N2CCN(c3nc4c(OC)cccc4s3)CC2)cc1. The van der Waals surface area contributed by atoms with Crippen LogP contribution in [0.2, 0.25) is 0 Å². The highest BCUT2D eigenvalue weighted by molar-refractivity contribution is 7.22. The summed E-state index contributed by atoms with van der Waals surface area (Å²) in [6.07, 6.45) is 2.14. The number of fused-ring (bicyclic) bond motifs is 1. The maximum Gasteiger partial charge on any atom is 0.253 e. The molecule has 2 aromatic carbocycles. The summed E-state index contributed by atoms with van der Waals surface area (Å²) >= 11 is 1.67. The topological polar surface area (TPSA) is 54.9 Å². The minimum atomic E-state index is 0.0701. The number of thiazole rings is 1. The number of piperazine rings is 1. The lowest BCUT2D eigenvalue weighted by atomic mass is 10.1. The molecule has 4 rings (SSSR count). The number of benzene rings is 2. The summed E-state index contributed by atoms with van der Waals surface area (Å²) < 4.78 is 12.2. The van der Waals surface area contributed by atoms with Gasteiger partial charge in [0, 0.05) is 31.7 Å². The summed E-state index contributed by atoms with van der Waals surface area (Å²) in [5, 5.41) is 0.982. The first-order valence-corrected chi connectivity index (χ1v) is 11.2. The van der Waals surface area contributed by atoms with Gasteiger partial charge in [-0.15, -0.1) is 0 Å². The van der Waals surface area contributed by atoms with Crippen LogP contribution in [0.25, 0.3) is 10.2 Å². The quantitative estimate of drug-likeness (QED) is 0.524. The number of carbonyl (C=O) groups excluding carboxylic acids is 1. The van der Waals surface area contributed by atoms with Crippen LogP contribution in [0.1, 0.15) is 30.1 Å². The van der Waals surface area contributed by atoms with Crippen LogP contribution in [0, 0.1) is 0 Å². The van der Waals surface area contributed by atoms with Crippen molar-refractivity contribution in [3.63, 3.8) is 0 Å². The van der Waals surface area contributed by atoms with Crippen LogP contribution in [0.4, 0.5) is 5.13 Å². The second-order valence-corrected chi connectivity index (χ2v) is 8.32. The molecule has 7 heteroatoms. The Morgan fingerprint density at radius 2 is 1.87 bits per heavy atom. The lowest BCUT2D eigenvalue weighted by Crippen LogP contribution is -2.48. The number of para-hydroxylation sites is 1. The van der Waals surface area contributed by atoms with Crippen molar-refractivity contribution in [2.75, 3.05) is 44.8 Å². The number of ether oxygens (including phenoxy) is 2. The van der Waals surface area contributed by atoms with Gasteiger partial charge < -0.3 is 19.3 Å². The van der Waals surface area contributed by atoms with Crippen molar-refractivity contribution in [1.29, 1.82) is 0 Å². The molecule has 1 aromatic heterocycles. The minimum Gasteiger partial charge on any atom is -0.494 e. The predicted molar refractivity (Wildman–Crippen MR) is 121 cm³/mol. The number of amides is 1. The Hall–Kier alpha value is -2.80. The predicted octanol–water partition coefficient (Wildman–Crippen LogP) is 4.45. The van der Waals surface area contributed by atoms with Crippen molar-refractivity contribution in [1.82, 2.24) is 9.88 Å². The van der Waals surface area contributed by atoms with E-state index in [0.717, 1.165) is 52.8 Å². The molecule has 3 aromatic rings. The molecular formula is C23H27N3O3S. The summed E-state index contributed by atoms with van der Waals surface area (Å²) in [5.41, 5.74) is 1.61. The lowest BCUT2D eigenvalue weighted by molar-refractivity contribution is 0.0746. The van der Waals surface area contributed by atoms with E-state index in [0.29, 0.717) is 25.3 Å². The molecule has 1 aliphatic heterocycles. The fourth-order valence-corrected chi connectivity index (χ4v) is 4.56. The van der Waals surface area contributed by atoms with E-state index in [1.54, 1.807) is 18.4 Å². The summed E-state index contributed by atoms with van der Waals surface area (Å²) in [7, 11) is 1.67. The fraction of sp³-hybridized carbons (Fsp3) is 0.391. The second kappa shape index (κ2) is 9.34. The van der Waals surface area contributed by atoms with Crippen molar-refractivity contribution in [2.45, 2.75) is 19.8 Å². The van der Waals surface area contributed by atoms with Crippen molar-refractivity contribution in [2.24, 2.45) is 0 Å². The molecule has 0 N–H and O–H groups in total. The van der Waals surface area contributed by atoms with E-state index in [4.69, 9.17) is 14.5 Å². The van der Waals surface area contributed by atoms with Crippen LogP contribution < -0.4 is 14.4 Å². The summed E-state index contributed by atoms with van der Waals surface area (Å²) in [5.74, 6) is 1.68. The first-order valence-electron chi connectivity index (χ1n) is 10.4. The normalized spacial score (nSPS) is 14.2. The van der Waals surface area contributed by atoms with E-state index in [9.17, 15) is 4.79 Å². The monoisotopic (exact) mass is 425 g/mol. The summed E-state index contributed by atoms with van der Waals surface area (Å²) in [6.45, 7) is 5.75. The van der Waals surface area contributed by atoms with Crippen LogP contribution in [0.3, 0.4) is 0 Å². The number of hydrogen-bond acceptors (Lipinski definition) is 6. The van der Waals surface area contributed by atoms with Crippen molar-refractivity contribution < 1.29 is 14.3 Å². The van der Waals surface area contributed by atoms with Gasteiger partial charge in [0.15, 0.2) is 5.13 Å². The first kappa shape index (κ1) is 20.5. The Morgan fingerprint density at radius 3 is 2.57 bits per heavy atom. The van der Waals surface area contributed by atoms with E-state index >= 15 is 0 Å². The van der Waals surface area contributed by atoms with E-state index in [1.807, 2.05) is 41.3 Å². The molecule has 0 aliphatic carbocycles. The van der Waals surface area contributed by atoms with E-state index in [-0.39, 0.29) is 5.91 Å². The van der Waals surface area contributed by atoms with Crippen LogP contribution in [-0.2, 0) is 0 Å². The van der Waals surface area contributed by atoms with Crippen LogP contribution in [0.5, 0.6) is 11.5 Å². The Morgan fingerprint density at radius 1 is 1.10 bits per heavy atom. The molecule has 0 bridgehead atoms. The molecule has 1 saturated heterocycles. The molecule has 0 spiro atoms. The van der Waals surface area contributed by atoms with Gasteiger partial charge in [0.05, 0.1) is 18.4 Å². The molecule has 0 saturated carbocycles. The molecule has 0 unspecified atom stereocenters. The maximum atomic E-state index is 12.9. The van der Waals surface area contributed by atoms with Crippen LogP contribution >= 0.6 is 11.3 Å². The zero-order valence-electron chi connectivity index (χ0n) is 17.5. The number of methoxy groups -OCH3 is 1. The molecule has 158 valence electrons. The van der Waals surface area contributed by atoms with Gasteiger partial charge in [-0.1, -0.05) is 30.7 Å². The highest BCUT2D eigenvalue weighted by Crippen LogP contribution is 2.34. The number of anilines is 1. The molecule has 0 atom stereocenters. The van der Waals surface area contributed by atoms with Crippen molar-refractivity contribution in [3.05, 3.63) is 48.0 Å². The molecular weight excluding hydrogens is 398 g/mol. The maximum absolute atomic E-state index is 12.9. The number of unbranched alkanes of at least 4 members (excludes halogenated alkanes) is 1. The smallest absolute Gasteiger partial charge is 0.253 e. The first-order chi connectivity index (χ1) is 14.7. The molecule has 1 fully saturated rings. The van der Waals surface area contributed by atoms with Crippen LogP contribution in [-0.4, -0.2) is 55.7 Å². The van der Waals surface area contributed by atoms with Gasteiger partial charge in [-0.25, -0.2) is 4.98 Å². The molecule has 6 nitrogen and oxygen atoms in total. The molecule has 1 aliphatic rings. The van der Waals surface area contributed by atoms with Gasteiger partial charge in [0.2, 0.25) is 0 Å². The van der Waals surface area contributed by atoms with Gasteiger partial charge >= 0.3 is 0 Å². The summed E-state index contributed by atoms with van der Waals surface area (Å²) in [4.78, 5) is 21.8. The molecule has 1 amide bonds. The zero-order valence-corrected chi connectivity index (χ0v) is 18.3.